The highest BCUT2D eigenvalue weighted by atomic mass is 35.5. The van der Waals surface area contributed by atoms with E-state index in [2.05, 4.69) is 15.6 Å². The average molecular weight is 340 g/mol. The van der Waals surface area contributed by atoms with E-state index in [-0.39, 0.29) is 6.03 Å². The Morgan fingerprint density at radius 1 is 1.36 bits per heavy atom. The molecule has 2 N–H and O–H groups in total. The fourth-order valence-electron chi connectivity index (χ4n) is 2.00. The van der Waals surface area contributed by atoms with Crippen LogP contribution in [0.1, 0.15) is 12.0 Å². The zero-order chi connectivity index (χ0) is 15.4. The quantitative estimate of drug-likeness (QED) is 0.900. The van der Waals surface area contributed by atoms with Gasteiger partial charge in [-0.25, -0.2) is 9.78 Å². The summed E-state index contributed by atoms with van der Waals surface area (Å²) in [7, 11) is 0. The Morgan fingerprint density at radius 2 is 2.23 bits per heavy atom. The molecule has 2 heterocycles. The number of rotatable bonds is 3. The number of carbonyl (C=O) groups excluding carboxylic acids is 1. The second-order valence-electron chi connectivity index (χ2n) is 4.60. The van der Waals surface area contributed by atoms with Crippen LogP contribution < -0.4 is 20.1 Å². The molecule has 2 aromatic rings. The maximum absolute atomic E-state index is 11.8. The van der Waals surface area contributed by atoms with Gasteiger partial charge in [0.05, 0.1) is 18.2 Å². The molecular weight excluding hydrogens is 326 g/mol. The third kappa shape index (κ3) is 3.61. The van der Waals surface area contributed by atoms with E-state index in [1.54, 1.807) is 17.6 Å². The molecule has 8 heteroatoms. The lowest BCUT2D eigenvalue weighted by atomic mass is 10.2. The number of anilines is 1. The van der Waals surface area contributed by atoms with Gasteiger partial charge in [-0.05, 0) is 17.7 Å². The molecule has 1 aromatic carbocycles. The fraction of sp³-hybridized carbons (Fsp3) is 0.286. The first-order chi connectivity index (χ1) is 10.7. The molecule has 6 nitrogen and oxygen atoms in total. The SMILES string of the molecule is O=C(NCc1cc(Cl)c2c(c1)OCCCO2)Nc1nccs1. The van der Waals surface area contributed by atoms with Crippen LogP contribution in [0.3, 0.4) is 0 Å². The zero-order valence-corrected chi connectivity index (χ0v) is 13.2. The Bertz CT molecular complexity index is 664. The Hall–Kier alpha value is -1.99. The van der Waals surface area contributed by atoms with E-state index in [0.717, 1.165) is 12.0 Å². The lowest BCUT2D eigenvalue weighted by Crippen LogP contribution is -2.28. The summed E-state index contributed by atoms with van der Waals surface area (Å²) in [5, 5.41) is 8.22. The number of nitrogens with zero attached hydrogens (tertiary/aromatic N) is 1. The van der Waals surface area contributed by atoms with Gasteiger partial charge in [-0.3, -0.25) is 5.32 Å². The van der Waals surface area contributed by atoms with Gasteiger partial charge in [0.2, 0.25) is 0 Å². The molecule has 116 valence electrons. The van der Waals surface area contributed by atoms with E-state index in [9.17, 15) is 4.79 Å². The number of ether oxygens (including phenoxy) is 2. The molecule has 2 amide bonds. The highest BCUT2D eigenvalue weighted by molar-refractivity contribution is 7.13. The van der Waals surface area contributed by atoms with Gasteiger partial charge in [-0.2, -0.15) is 0 Å². The maximum Gasteiger partial charge on any atom is 0.321 e. The first-order valence-electron chi connectivity index (χ1n) is 6.75. The first-order valence-corrected chi connectivity index (χ1v) is 8.00. The number of benzene rings is 1. The van der Waals surface area contributed by atoms with Gasteiger partial charge in [0.15, 0.2) is 16.6 Å². The van der Waals surface area contributed by atoms with Crippen molar-refractivity contribution in [3.05, 3.63) is 34.3 Å². The van der Waals surface area contributed by atoms with Crippen molar-refractivity contribution >= 4 is 34.1 Å². The number of nitrogens with one attached hydrogen (secondary N) is 2. The van der Waals surface area contributed by atoms with Crippen LogP contribution in [0.2, 0.25) is 5.02 Å². The molecule has 0 aliphatic carbocycles. The molecule has 1 aliphatic rings. The second-order valence-corrected chi connectivity index (χ2v) is 5.90. The van der Waals surface area contributed by atoms with Gasteiger partial charge < -0.3 is 14.8 Å². The number of carbonyl (C=O) groups is 1. The van der Waals surface area contributed by atoms with Gasteiger partial charge in [-0.15, -0.1) is 11.3 Å². The molecule has 0 bridgehead atoms. The molecular formula is C14H14ClN3O3S. The summed E-state index contributed by atoms with van der Waals surface area (Å²) in [5.74, 6) is 1.18. The van der Waals surface area contributed by atoms with Crippen LogP contribution in [0.5, 0.6) is 11.5 Å². The normalized spacial score (nSPS) is 13.3. The molecule has 0 radical (unpaired) electrons. The van der Waals surface area contributed by atoms with Crippen molar-refractivity contribution in [2.24, 2.45) is 0 Å². The van der Waals surface area contributed by atoms with Crippen LogP contribution >= 0.6 is 22.9 Å². The molecule has 0 fully saturated rings. The second kappa shape index (κ2) is 6.85. The standard InChI is InChI=1S/C14H14ClN3O3S/c15-10-6-9(7-11-12(10)21-4-1-3-20-11)8-17-13(19)18-14-16-2-5-22-14/h2,5-7H,1,3-4,8H2,(H2,16,17,18,19). The van der Waals surface area contributed by atoms with E-state index >= 15 is 0 Å². The third-order valence-corrected chi connectivity index (χ3v) is 3.94. The number of fused-ring (bicyclic) bond motifs is 1. The van der Waals surface area contributed by atoms with Crippen molar-refractivity contribution in [3.8, 4) is 11.5 Å². The average Bonchev–Trinajstić information content (AvgIpc) is 2.88. The predicted molar refractivity (Wildman–Crippen MR) is 85.0 cm³/mol. The van der Waals surface area contributed by atoms with Crippen molar-refractivity contribution in [2.45, 2.75) is 13.0 Å². The van der Waals surface area contributed by atoms with Crippen molar-refractivity contribution < 1.29 is 14.3 Å². The van der Waals surface area contributed by atoms with Gasteiger partial charge in [0.25, 0.3) is 0 Å². The van der Waals surface area contributed by atoms with Crippen LogP contribution in [-0.4, -0.2) is 24.2 Å². The van der Waals surface area contributed by atoms with E-state index < -0.39 is 0 Å². The topological polar surface area (TPSA) is 72.5 Å². The molecule has 0 atom stereocenters. The summed E-state index contributed by atoms with van der Waals surface area (Å²) in [6.07, 6.45) is 2.44. The molecule has 0 spiro atoms. The van der Waals surface area contributed by atoms with Crippen LogP contribution in [-0.2, 0) is 6.54 Å². The highest BCUT2D eigenvalue weighted by Crippen LogP contribution is 2.37. The Balaban J connectivity index is 1.64. The van der Waals surface area contributed by atoms with Crippen LogP contribution in [0, 0.1) is 0 Å². The summed E-state index contributed by atoms with van der Waals surface area (Å²) in [5.41, 5.74) is 0.837. The van der Waals surface area contributed by atoms with Crippen LogP contribution in [0.25, 0.3) is 0 Å². The minimum absolute atomic E-state index is 0.321. The number of hydrogen-bond donors (Lipinski definition) is 2. The molecule has 0 unspecified atom stereocenters. The van der Waals surface area contributed by atoms with E-state index in [0.29, 0.717) is 41.4 Å². The predicted octanol–water partition coefficient (Wildman–Crippen LogP) is 3.28. The summed E-state index contributed by atoms with van der Waals surface area (Å²) in [6.45, 7) is 1.50. The van der Waals surface area contributed by atoms with Gasteiger partial charge in [0, 0.05) is 24.5 Å². The number of urea groups is 1. The van der Waals surface area contributed by atoms with E-state index in [4.69, 9.17) is 21.1 Å². The number of halogens is 1. The Labute approximate surface area is 136 Å². The fourth-order valence-corrected chi connectivity index (χ4v) is 2.81. The van der Waals surface area contributed by atoms with Crippen LogP contribution in [0.4, 0.5) is 9.93 Å². The highest BCUT2D eigenvalue weighted by Gasteiger charge is 2.15. The molecule has 1 aliphatic heterocycles. The van der Waals surface area contributed by atoms with Gasteiger partial charge >= 0.3 is 6.03 Å². The summed E-state index contributed by atoms with van der Waals surface area (Å²) >= 11 is 7.56. The summed E-state index contributed by atoms with van der Waals surface area (Å²) < 4.78 is 11.2. The lowest BCUT2D eigenvalue weighted by Gasteiger charge is -2.12. The molecule has 22 heavy (non-hydrogen) atoms. The summed E-state index contributed by atoms with van der Waals surface area (Å²) in [6, 6.07) is 3.27. The lowest BCUT2D eigenvalue weighted by molar-refractivity contribution is 0.251. The number of amides is 2. The minimum Gasteiger partial charge on any atom is -0.489 e. The van der Waals surface area contributed by atoms with Gasteiger partial charge in [-0.1, -0.05) is 11.6 Å². The zero-order valence-electron chi connectivity index (χ0n) is 11.6. The van der Waals surface area contributed by atoms with Gasteiger partial charge in [0.1, 0.15) is 0 Å². The van der Waals surface area contributed by atoms with Crippen molar-refractivity contribution in [2.75, 3.05) is 18.5 Å². The smallest absolute Gasteiger partial charge is 0.321 e. The number of hydrogen-bond acceptors (Lipinski definition) is 5. The van der Waals surface area contributed by atoms with Crippen LogP contribution in [0.15, 0.2) is 23.7 Å². The molecule has 0 saturated carbocycles. The maximum atomic E-state index is 11.8. The Morgan fingerprint density at radius 3 is 3.05 bits per heavy atom. The minimum atomic E-state index is -0.321. The Kier molecular flexibility index (Phi) is 4.65. The van der Waals surface area contributed by atoms with Crippen molar-refractivity contribution in [3.63, 3.8) is 0 Å². The van der Waals surface area contributed by atoms with Crippen molar-refractivity contribution in [1.82, 2.24) is 10.3 Å². The number of aromatic nitrogens is 1. The summed E-state index contributed by atoms with van der Waals surface area (Å²) in [4.78, 5) is 15.8. The molecule has 0 saturated heterocycles. The van der Waals surface area contributed by atoms with Crippen molar-refractivity contribution in [1.29, 1.82) is 0 Å². The third-order valence-electron chi connectivity index (χ3n) is 2.97. The largest absolute Gasteiger partial charge is 0.489 e. The van der Waals surface area contributed by atoms with E-state index in [1.807, 2.05) is 6.07 Å². The molecule has 1 aromatic heterocycles. The monoisotopic (exact) mass is 339 g/mol. The molecule has 3 rings (SSSR count). The van der Waals surface area contributed by atoms with E-state index in [1.165, 1.54) is 11.3 Å². The number of thiazole rings is 1. The first kappa shape index (κ1) is 14.9.